The highest BCUT2D eigenvalue weighted by Crippen LogP contribution is 2.00. The Kier molecular flexibility index (Phi) is 12.9. The Balaban J connectivity index is 3.09. The topological polar surface area (TPSA) is 21.3 Å². The maximum Gasteiger partial charge on any atom is 0.0671 e. The molecule has 0 radical (unpaired) electrons. The summed E-state index contributed by atoms with van der Waals surface area (Å²) in [5.74, 6) is 0. The third kappa shape index (κ3) is 12.0. The van der Waals surface area contributed by atoms with Gasteiger partial charge in [-0.2, -0.15) is 0 Å². The fraction of sp³-hybridized carbons (Fsp3) is 1.00. The van der Waals surface area contributed by atoms with Crippen LogP contribution in [0.3, 0.4) is 0 Å². The van der Waals surface area contributed by atoms with Crippen molar-refractivity contribution in [2.45, 2.75) is 71.8 Å². The van der Waals surface area contributed by atoms with Crippen LogP contribution >= 0.6 is 0 Å². The SMILES string of the molecule is CCCCCCOC(C)CNCCCCC. The normalized spacial score (nSPS) is 12.9. The lowest BCUT2D eigenvalue weighted by Crippen LogP contribution is -2.27. The quantitative estimate of drug-likeness (QED) is 0.515. The van der Waals surface area contributed by atoms with Crippen LogP contribution < -0.4 is 5.32 Å². The van der Waals surface area contributed by atoms with Crippen LogP contribution in [0.15, 0.2) is 0 Å². The van der Waals surface area contributed by atoms with Gasteiger partial charge < -0.3 is 10.1 Å². The average Bonchev–Trinajstić information content (AvgIpc) is 2.28. The van der Waals surface area contributed by atoms with E-state index in [1.165, 1.54) is 44.9 Å². The summed E-state index contributed by atoms with van der Waals surface area (Å²) in [7, 11) is 0. The van der Waals surface area contributed by atoms with Crippen LogP contribution in [0, 0.1) is 0 Å². The molecule has 0 aliphatic heterocycles. The molecule has 0 heterocycles. The van der Waals surface area contributed by atoms with Crippen molar-refractivity contribution >= 4 is 0 Å². The number of ether oxygens (including phenoxy) is 1. The summed E-state index contributed by atoms with van der Waals surface area (Å²) in [5, 5.41) is 3.45. The Labute approximate surface area is 102 Å². The Morgan fingerprint density at radius 1 is 0.938 bits per heavy atom. The predicted molar refractivity (Wildman–Crippen MR) is 72.0 cm³/mol. The van der Waals surface area contributed by atoms with E-state index < -0.39 is 0 Å². The monoisotopic (exact) mass is 229 g/mol. The number of nitrogens with one attached hydrogen (secondary N) is 1. The van der Waals surface area contributed by atoms with Crippen molar-refractivity contribution in [3.63, 3.8) is 0 Å². The summed E-state index contributed by atoms with van der Waals surface area (Å²) >= 11 is 0. The highest BCUT2D eigenvalue weighted by molar-refractivity contribution is 4.55. The van der Waals surface area contributed by atoms with Gasteiger partial charge in [0.1, 0.15) is 0 Å². The van der Waals surface area contributed by atoms with Crippen LogP contribution in [0.5, 0.6) is 0 Å². The molecule has 0 aromatic carbocycles. The van der Waals surface area contributed by atoms with Gasteiger partial charge in [-0.3, -0.25) is 0 Å². The maximum absolute atomic E-state index is 5.73. The Hall–Kier alpha value is -0.0800. The zero-order valence-corrected chi connectivity index (χ0v) is 11.6. The molecular formula is C14H31NO. The van der Waals surface area contributed by atoms with E-state index in [1.807, 2.05) is 0 Å². The summed E-state index contributed by atoms with van der Waals surface area (Å²) in [6.07, 6.45) is 9.45. The number of hydrogen-bond donors (Lipinski definition) is 1. The van der Waals surface area contributed by atoms with Crippen LogP contribution in [0.2, 0.25) is 0 Å². The molecule has 16 heavy (non-hydrogen) atoms. The molecule has 2 nitrogen and oxygen atoms in total. The average molecular weight is 229 g/mol. The lowest BCUT2D eigenvalue weighted by atomic mass is 10.2. The van der Waals surface area contributed by atoms with Gasteiger partial charge >= 0.3 is 0 Å². The summed E-state index contributed by atoms with van der Waals surface area (Å²) in [6, 6.07) is 0. The molecule has 0 amide bonds. The number of rotatable bonds is 12. The second kappa shape index (κ2) is 13.0. The Morgan fingerprint density at radius 3 is 2.31 bits per heavy atom. The van der Waals surface area contributed by atoms with Gasteiger partial charge in [0.25, 0.3) is 0 Å². The molecule has 0 saturated heterocycles. The molecule has 1 N–H and O–H groups in total. The van der Waals surface area contributed by atoms with E-state index in [2.05, 4.69) is 26.1 Å². The van der Waals surface area contributed by atoms with Gasteiger partial charge in [0.05, 0.1) is 6.10 Å². The zero-order chi connectivity index (χ0) is 12.1. The molecule has 0 bridgehead atoms. The Morgan fingerprint density at radius 2 is 1.62 bits per heavy atom. The Bertz CT molecular complexity index is 114. The van der Waals surface area contributed by atoms with Crippen molar-refractivity contribution < 1.29 is 4.74 Å². The first-order valence-electron chi connectivity index (χ1n) is 7.13. The predicted octanol–water partition coefficient (Wildman–Crippen LogP) is 3.75. The largest absolute Gasteiger partial charge is 0.377 e. The first-order chi connectivity index (χ1) is 7.81. The van der Waals surface area contributed by atoms with E-state index >= 15 is 0 Å². The van der Waals surface area contributed by atoms with Crippen molar-refractivity contribution in [2.75, 3.05) is 19.7 Å². The molecule has 98 valence electrons. The molecule has 0 saturated carbocycles. The van der Waals surface area contributed by atoms with E-state index in [9.17, 15) is 0 Å². The van der Waals surface area contributed by atoms with Crippen molar-refractivity contribution in [3.05, 3.63) is 0 Å². The van der Waals surface area contributed by atoms with Gasteiger partial charge in [-0.1, -0.05) is 46.0 Å². The van der Waals surface area contributed by atoms with Crippen molar-refractivity contribution in [1.29, 1.82) is 0 Å². The minimum atomic E-state index is 0.364. The van der Waals surface area contributed by atoms with Crippen LogP contribution in [-0.4, -0.2) is 25.8 Å². The van der Waals surface area contributed by atoms with Crippen molar-refractivity contribution in [1.82, 2.24) is 5.32 Å². The third-order valence-corrected chi connectivity index (χ3v) is 2.79. The summed E-state index contributed by atoms with van der Waals surface area (Å²) in [6.45, 7) is 9.70. The van der Waals surface area contributed by atoms with Crippen molar-refractivity contribution in [2.24, 2.45) is 0 Å². The van der Waals surface area contributed by atoms with E-state index in [1.54, 1.807) is 0 Å². The van der Waals surface area contributed by atoms with Crippen LogP contribution in [0.25, 0.3) is 0 Å². The molecule has 0 aliphatic carbocycles. The van der Waals surface area contributed by atoms with Crippen LogP contribution in [0.1, 0.15) is 65.7 Å². The van der Waals surface area contributed by atoms with E-state index in [-0.39, 0.29) is 0 Å². The molecule has 0 aromatic heterocycles. The van der Waals surface area contributed by atoms with Gasteiger partial charge in [0.15, 0.2) is 0 Å². The van der Waals surface area contributed by atoms with Gasteiger partial charge in [-0.05, 0) is 26.3 Å². The molecule has 0 aliphatic rings. The second-order valence-electron chi connectivity index (χ2n) is 4.65. The molecule has 2 heteroatoms. The first-order valence-corrected chi connectivity index (χ1v) is 7.13. The minimum Gasteiger partial charge on any atom is -0.377 e. The molecule has 1 unspecified atom stereocenters. The molecule has 0 rings (SSSR count). The summed E-state index contributed by atoms with van der Waals surface area (Å²) in [4.78, 5) is 0. The molecule has 0 aromatic rings. The molecule has 0 fully saturated rings. The minimum absolute atomic E-state index is 0.364. The van der Waals surface area contributed by atoms with Crippen LogP contribution in [-0.2, 0) is 4.74 Å². The highest BCUT2D eigenvalue weighted by Gasteiger charge is 2.00. The number of unbranched alkanes of at least 4 members (excludes halogenated alkanes) is 5. The lowest BCUT2D eigenvalue weighted by molar-refractivity contribution is 0.0631. The summed E-state index contributed by atoms with van der Waals surface area (Å²) in [5.41, 5.74) is 0. The zero-order valence-electron chi connectivity index (χ0n) is 11.6. The third-order valence-electron chi connectivity index (χ3n) is 2.79. The highest BCUT2D eigenvalue weighted by atomic mass is 16.5. The maximum atomic E-state index is 5.73. The fourth-order valence-corrected chi connectivity index (χ4v) is 1.68. The second-order valence-corrected chi connectivity index (χ2v) is 4.65. The van der Waals surface area contributed by atoms with Gasteiger partial charge in [0.2, 0.25) is 0 Å². The molecule has 1 atom stereocenters. The molecular weight excluding hydrogens is 198 g/mol. The molecule has 0 spiro atoms. The van der Waals surface area contributed by atoms with Crippen LogP contribution in [0.4, 0.5) is 0 Å². The van der Waals surface area contributed by atoms with Gasteiger partial charge in [0, 0.05) is 13.2 Å². The fourth-order valence-electron chi connectivity index (χ4n) is 1.68. The van der Waals surface area contributed by atoms with Gasteiger partial charge in [-0.25, -0.2) is 0 Å². The van der Waals surface area contributed by atoms with E-state index in [0.717, 1.165) is 19.7 Å². The van der Waals surface area contributed by atoms with E-state index in [0.29, 0.717) is 6.10 Å². The number of hydrogen-bond acceptors (Lipinski definition) is 2. The van der Waals surface area contributed by atoms with E-state index in [4.69, 9.17) is 4.74 Å². The first kappa shape index (κ1) is 15.9. The lowest BCUT2D eigenvalue weighted by Gasteiger charge is -2.13. The van der Waals surface area contributed by atoms with Crippen molar-refractivity contribution in [3.8, 4) is 0 Å². The smallest absolute Gasteiger partial charge is 0.0671 e. The standard InChI is InChI=1S/C14H31NO/c1-4-6-8-10-12-16-14(3)13-15-11-9-7-5-2/h14-15H,4-13H2,1-3H3. The summed E-state index contributed by atoms with van der Waals surface area (Å²) < 4.78 is 5.73. The van der Waals surface area contributed by atoms with Gasteiger partial charge in [-0.15, -0.1) is 0 Å².